The number of para-hydroxylation sites is 1. The second-order valence-electron chi connectivity index (χ2n) is 8.30. The van der Waals surface area contributed by atoms with Crippen LogP contribution in [0.15, 0.2) is 59.6 Å². The average molecular weight is 581 g/mol. The Morgan fingerprint density at radius 1 is 1.13 bits per heavy atom. The molecule has 0 radical (unpaired) electrons. The van der Waals surface area contributed by atoms with Crippen molar-refractivity contribution in [1.29, 1.82) is 5.41 Å². The van der Waals surface area contributed by atoms with Gasteiger partial charge < -0.3 is 16.2 Å². The molecule has 11 nitrogen and oxygen atoms in total. The number of amides is 1. The van der Waals surface area contributed by atoms with Crippen LogP contribution in [0.4, 0.5) is 0 Å². The number of sulfone groups is 1. The maximum atomic E-state index is 13.4. The Kier molecular flexibility index (Phi) is 9.86. The van der Waals surface area contributed by atoms with Crippen molar-refractivity contribution in [2.24, 2.45) is 5.73 Å². The van der Waals surface area contributed by atoms with Crippen molar-refractivity contribution in [3.05, 3.63) is 70.3 Å². The Bertz CT molecular complexity index is 1430. The maximum Gasteiger partial charge on any atom is 0.328 e. The van der Waals surface area contributed by atoms with Crippen molar-refractivity contribution in [2.75, 3.05) is 12.3 Å². The molecular formula is C24H26Cl2N6O5S. The predicted octanol–water partition coefficient (Wildman–Crippen LogP) is 2.57. The summed E-state index contributed by atoms with van der Waals surface area (Å²) >= 11 is 12.1. The highest BCUT2D eigenvalue weighted by Gasteiger charge is 2.33. The Morgan fingerprint density at radius 3 is 2.47 bits per heavy atom. The number of halogens is 2. The topological polar surface area (TPSA) is 179 Å². The molecule has 0 aliphatic rings. The third kappa shape index (κ3) is 7.78. The number of carbonyl (C=O) groups is 2. The van der Waals surface area contributed by atoms with Gasteiger partial charge in [-0.15, -0.1) is 0 Å². The van der Waals surface area contributed by atoms with Gasteiger partial charge in [0.1, 0.15) is 11.8 Å². The number of hydrogen-bond acceptors (Lipinski definition) is 7. The number of carboxylic acid groups (broad SMARTS) is 1. The van der Waals surface area contributed by atoms with E-state index in [0.29, 0.717) is 21.0 Å². The number of nitrogens with two attached hydrogens (primary N) is 1. The van der Waals surface area contributed by atoms with E-state index in [1.807, 2.05) is 0 Å². The first-order valence-electron chi connectivity index (χ1n) is 11.4. The quantitative estimate of drug-likeness (QED) is 0.0930. The van der Waals surface area contributed by atoms with Crippen LogP contribution in [0.1, 0.15) is 18.4 Å². The number of nitrogens with zero attached hydrogens (tertiary/aromatic N) is 2. The molecule has 0 spiro atoms. The zero-order valence-electron chi connectivity index (χ0n) is 20.0. The van der Waals surface area contributed by atoms with Crippen molar-refractivity contribution < 1.29 is 23.1 Å². The van der Waals surface area contributed by atoms with Crippen molar-refractivity contribution in [1.82, 2.24) is 20.7 Å². The molecule has 1 amide bonds. The average Bonchev–Trinajstić information content (AvgIpc) is 2.83. The molecule has 202 valence electrons. The normalized spacial score (nSPS) is 12.2. The lowest BCUT2D eigenvalue weighted by Gasteiger charge is -2.30. The Balaban J connectivity index is 1.89. The summed E-state index contributed by atoms with van der Waals surface area (Å²) in [5.41, 5.74) is 8.77. The summed E-state index contributed by atoms with van der Waals surface area (Å²) in [5.74, 6) is -3.60. The van der Waals surface area contributed by atoms with Gasteiger partial charge in [-0.2, -0.15) is 0 Å². The molecule has 0 aliphatic heterocycles. The molecule has 0 bridgehead atoms. The van der Waals surface area contributed by atoms with Gasteiger partial charge >= 0.3 is 5.97 Å². The number of carboxylic acids is 1. The summed E-state index contributed by atoms with van der Waals surface area (Å²) in [6, 6.07) is 11.2. The van der Waals surface area contributed by atoms with Crippen LogP contribution < -0.4 is 16.5 Å². The number of nitrogens with one attached hydrogen (secondary N) is 3. The van der Waals surface area contributed by atoms with Crippen molar-refractivity contribution in [3.63, 3.8) is 0 Å². The van der Waals surface area contributed by atoms with Gasteiger partial charge in [0.2, 0.25) is 0 Å². The molecule has 6 N–H and O–H groups in total. The second kappa shape index (κ2) is 12.9. The van der Waals surface area contributed by atoms with E-state index >= 15 is 0 Å². The van der Waals surface area contributed by atoms with Crippen molar-refractivity contribution >= 4 is 61.8 Å². The summed E-state index contributed by atoms with van der Waals surface area (Å²) in [4.78, 5) is 29.6. The zero-order valence-corrected chi connectivity index (χ0v) is 22.4. The Hall–Kier alpha value is -3.45. The van der Waals surface area contributed by atoms with Crippen LogP contribution in [0, 0.1) is 5.41 Å². The van der Waals surface area contributed by atoms with Crippen molar-refractivity contribution in [3.8, 4) is 0 Å². The molecule has 38 heavy (non-hydrogen) atoms. The third-order valence-corrected chi connectivity index (χ3v) is 7.52. The fourth-order valence-corrected chi connectivity index (χ4v) is 5.72. The minimum Gasteiger partial charge on any atom is -0.480 e. The van der Waals surface area contributed by atoms with Crippen molar-refractivity contribution in [2.45, 2.75) is 30.3 Å². The van der Waals surface area contributed by atoms with E-state index < -0.39 is 33.5 Å². The number of hydrazine groups is 1. The molecule has 1 atom stereocenters. The number of fused-ring (bicyclic) bond motifs is 1. The first kappa shape index (κ1) is 29.1. The number of aliphatic carboxylic acids is 1. The number of benzene rings is 2. The fourth-order valence-electron chi connectivity index (χ4n) is 3.78. The van der Waals surface area contributed by atoms with Gasteiger partial charge in [-0.1, -0.05) is 41.4 Å². The summed E-state index contributed by atoms with van der Waals surface area (Å²) in [7, 11) is -4.21. The molecule has 3 aromatic rings. The SMILES string of the molecule is N=C(N)NCCC[C@@H](C(=O)O)N(NCc1cc(Cl)cc(Cl)c1)C(=O)CS(=O)(=O)c1cccc2cccnc12. The molecule has 0 unspecified atom stereocenters. The number of hydrogen-bond donors (Lipinski definition) is 5. The van der Waals surface area contributed by atoms with Gasteiger partial charge in [-0.3, -0.25) is 20.2 Å². The molecule has 0 aliphatic carbocycles. The maximum absolute atomic E-state index is 13.4. The molecule has 1 aromatic heterocycles. The highest BCUT2D eigenvalue weighted by Crippen LogP contribution is 2.23. The van der Waals surface area contributed by atoms with E-state index in [4.69, 9.17) is 34.3 Å². The highest BCUT2D eigenvalue weighted by molar-refractivity contribution is 7.92. The molecule has 0 saturated carbocycles. The number of pyridine rings is 1. The van der Waals surface area contributed by atoms with Crippen LogP contribution >= 0.6 is 23.2 Å². The minimum atomic E-state index is -4.21. The van der Waals surface area contributed by atoms with E-state index in [1.165, 1.54) is 18.3 Å². The molecular weight excluding hydrogens is 555 g/mol. The van der Waals surface area contributed by atoms with Crippen LogP contribution in [0.25, 0.3) is 10.9 Å². The van der Waals surface area contributed by atoms with E-state index in [0.717, 1.165) is 5.01 Å². The van der Waals surface area contributed by atoms with Crippen LogP contribution in [-0.4, -0.2) is 59.7 Å². The lowest BCUT2D eigenvalue weighted by Crippen LogP contribution is -2.54. The molecule has 1 heterocycles. The summed E-state index contributed by atoms with van der Waals surface area (Å²) < 4.78 is 26.6. The Morgan fingerprint density at radius 2 is 1.82 bits per heavy atom. The molecule has 0 fully saturated rings. The first-order valence-corrected chi connectivity index (χ1v) is 13.8. The van der Waals surface area contributed by atoms with Gasteiger partial charge in [-0.05, 0) is 48.7 Å². The van der Waals surface area contributed by atoms with E-state index in [9.17, 15) is 23.1 Å². The monoisotopic (exact) mass is 580 g/mol. The zero-order chi connectivity index (χ0) is 27.9. The molecule has 14 heteroatoms. The minimum absolute atomic E-state index is 0.0550. The largest absolute Gasteiger partial charge is 0.480 e. The number of guanidine groups is 1. The van der Waals surface area contributed by atoms with Crippen LogP contribution in [0.3, 0.4) is 0 Å². The number of rotatable bonds is 12. The van der Waals surface area contributed by atoms with E-state index in [2.05, 4.69) is 15.7 Å². The summed E-state index contributed by atoms with van der Waals surface area (Å²) in [6.45, 7) is 0.127. The first-order chi connectivity index (χ1) is 18.0. The molecule has 3 rings (SSSR count). The van der Waals surface area contributed by atoms with Gasteiger partial charge in [0.05, 0.1) is 10.4 Å². The van der Waals surface area contributed by atoms with Crippen LogP contribution in [0.2, 0.25) is 10.0 Å². The van der Waals surface area contributed by atoms with Crippen LogP contribution in [0.5, 0.6) is 0 Å². The number of aromatic nitrogens is 1. The lowest BCUT2D eigenvalue weighted by atomic mass is 10.1. The van der Waals surface area contributed by atoms with Gasteiger partial charge in [0, 0.05) is 34.7 Å². The summed E-state index contributed by atoms with van der Waals surface area (Å²) in [5, 5.41) is 21.8. The van der Waals surface area contributed by atoms with E-state index in [1.54, 1.807) is 36.4 Å². The highest BCUT2D eigenvalue weighted by atomic mass is 35.5. The standard InChI is InChI=1S/C24H26Cl2N6O5S/c25-17-10-15(11-18(26)12-17)13-31-32(19(23(34)35)6-3-9-30-24(27)28)21(33)14-38(36,37)20-7-1-4-16-5-2-8-29-22(16)20/h1-2,4-5,7-8,10-12,19,31H,3,6,9,13-14H2,(H,34,35)(H4,27,28,30)/t19-/m0/s1. The third-order valence-electron chi connectivity index (χ3n) is 5.46. The Labute approximate surface area is 229 Å². The van der Waals surface area contributed by atoms with Crippen LogP contribution in [-0.2, 0) is 26.0 Å². The second-order valence-corrected chi connectivity index (χ2v) is 11.1. The smallest absolute Gasteiger partial charge is 0.328 e. The fraction of sp³-hybridized carbons (Fsp3) is 0.250. The molecule has 0 saturated heterocycles. The van der Waals surface area contributed by atoms with Gasteiger partial charge in [0.15, 0.2) is 15.8 Å². The predicted molar refractivity (Wildman–Crippen MR) is 145 cm³/mol. The van der Waals surface area contributed by atoms with Gasteiger partial charge in [0.25, 0.3) is 5.91 Å². The molecule has 2 aromatic carbocycles. The summed E-state index contributed by atoms with van der Waals surface area (Å²) in [6.07, 6.45) is 1.62. The van der Waals surface area contributed by atoms with Gasteiger partial charge in [-0.25, -0.2) is 18.6 Å². The van der Waals surface area contributed by atoms with E-state index in [-0.39, 0.29) is 42.3 Å². The lowest BCUT2D eigenvalue weighted by molar-refractivity contribution is -0.152. The number of carbonyl (C=O) groups excluding carboxylic acids is 1.